The Morgan fingerprint density at radius 3 is 2.23 bits per heavy atom. The maximum absolute atomic E-state index is 9.08. The van der Waals surface area contributed by atoms with Gasteiger partial charge in [0, 0.05) is 22.3 Å². The highest BCUT2D eigenvalue weighted by Crippen LogP contribution is 2.35. The Balaban J connectivity index is 2.49. The highest BCUT2D eigenvalue weighted by Gasteiger charge is 2.14. The van der Waals surface area contributed by atoms with Gasteiger partial charge in [-0.05, 0) is 37.3 Å². The number of rotatable bonds is 5. The second-order valence-corrected chi connectivity index (χ2v) is 5.01. The van der Waals surface area contributed by atoms with E-state index in [0.717, 1.165) is 11.4 Å². The van der Waals surface area contributed by atoms with Crippen LogP contribution in [0.4, 0.5) is 11.4 Å². The lowest BCUT2D eigenvalue weighted by atomic mass is 10.1. The summed E-state index contributed by atoms with van der Waals surface area (Å²) in [5, 5.41) is 16.3. The maximum atomic E-state index is 9.08. The number of hydrogen-bond acceptors (Lipinski definition) is 5. The van der Waals surface area contributed by atoms with Gasteiger partial charge in [-0.15, -0.1) is 0 Å². The third kappa shape index (κ3) is 3.43. The van der Waals surface area contributed by atoms with Crippen LogP contribution < -0.4 is 14.8 Å². The number of methoxy groups -OCH3 is 2. The molecular formula is C16H17ClN2O3. The van der Waals surface area contributed by atoms with E-state index in [4.69, 9.17) is 26.3 Å². The molecule has 0 bridgehead atoms. The first-order chi connectivity index (χ1) is 10.6. The molecule has 2 N–H and O–H groups in total. The van der Waals surface area contributed by atoms with Crippen molar-refractivity contribution in [3.8, 4) is 11.5 Å². The van der Waals surface area contributed by atoms with Crippen molar-refractivity contribution in [1.29, 1.82) is 0 Å². The molecule has 0 heterocycles. The van der Waals surface area contributed by atoms with Crippen molar-refractivity contribution in [2.45, 2.75) is 6.92 Å². The van der Waals surface area contributed by atoms with Gasteiger partial charge in [0.15, 0.2) is 11.5 Å². The average Bonchev–Trinajstić information content (AvgIpc) is 2.55. The van der Waals surface area contributed by atoms with Crippen molar-refractivity contribution >= 4 is 28.7 Å². The minimum atomic E-state index is 0.456. The molecule has 0 spiro atoms. The van der Waals surface area contributed by atoms with Crippen LogP contribution in [0.1, 0.15) is 12.5 Å². The van der Waals surface area contributed by atoms with Crippen molar-refractivity contribution in [2.75, 3.05) is 19.5 Å². The van der Waals surface area contributed by atoms with Crippen LogP contribution in [-0.4, -0.2) is 25.1 Å². The van der Waals surface area contributed by atoms with Crippen molar-refractivity contribution in [2.24, 2.45) is 5.16 Å². The number of ether oxygens (including phenoxy) is 2. The fourth-order valence-electron chi connectivity index (χ4n) is 2.02. The van der Waals surface area contributed by atoms with Crippen molar-refractivity contribution in [3.63, 3.8) is 0 Å². The largest absolute Gasteiger partial charge is 0.493 e. The molecule has 0 atom stereocenters. The first kappa shape index (κ1) is 16.0. The van der Waals surface area contributed by atoms with Gasteiger partial charge in [-0.3, -0.25) is 0 Å². The summed E-state index contributed by atoms with van der Waals surface area (Å²) in [5.74, 6) is 1.13. The molecule has 0 fully saturated rings. The number of nitrogens with one attached hydrogen (secondary N) is 1. The smallest absolute Gasteiger partial charge is 0.162 e. The molecular weight excluding hydrogens is 304 g/mol. The zero-order valence-corrected chi connectivity index (χ0v) is 13.3. The molecule has 0 amide bonds. The standard InChI is InChI=1S/C16H17ClN2O3/c1-10(19-20)13-8-15(21-2)16(22-3)9-14(13)18-12-6-4-11(17)5-7-12/h4-9,18,20H,1-3H3/b19-10+. The number of oxime groups is 1. The lowest BCUT2D eigenvalue weighted by Gasteiger charge is -2.16. The second kappa shape index (κ2) is 7.04. The summed E-state index contributed by atoms with van der Waals surface area (Å²) in [7, 11) is 3.12. The number of benzene rings is 2. The van der Waals surface area contributed by atoms with Crippen LogP contribution >= 0.6 is 11.6 Å². The fraction of sp³-hybridized carbons (Fsp3) is 0.188. The molecule has 2 aromatic carbocycles. The molecule has 5 nitrogen and oxygen atoms in total. The number of hydrogen-bond donors (Lipinski definition) is 2. The molecule has 0 aliphatic rings. The van der Waals surface area contributed by atoms with E-state index in [1.807, 2.05) is 12.1 Å². The van der Waals surface area contributed by atoms with Gasteiger partial charge in [-0.25, -0.2) is 0 Å². The normalized spacial score (nSPS) is 11.2. The van der Waals surface area contributed by atoms with Crippen molar-refractivity contribution < 1.29 is 14.7 Å². The lowest BCUT2D eigenvalue weighted by molar-refractivity contribution is 0.319. The van der Waals surface area contributed by atoms with Gasteiger partial charge in [0.2, 0.25) is 0 Å². The quantitative estimate of drug-likeness (QED) is 0.490. The Kier molecular flexibility index (Phi) is 5.12. The Hall–Kier alpha value is -2.40. The van der Waals surface area contributed by atoms with Gasteiger partial charge in [-0.1, -0.05) is 16.8 Å². The summed E-state index contributed by atoms with van der Waals surface area (Å²) < 4.78 is 10.6. The first-order valence-electron chi connectivity index (χ1n) is 6.56. The van der Waals surface area contributed by atoms with E-state index >= 15 is 0 Å². The number of nitrogens with zero attached hydrogens (tertiary/aromatic N) is 1. The molecule has 0 saturated heterocycles. The van der Waals surface area contributed by atoms with Crippen molar-refractivity contribution in [1.82, 2.24) is 0 Å². The zero-order valence-electron chi connectivity index (χ0n) is 12.6. The monoisotopic (exact) mass is 320 g/mol. The summed E-state index contributed by atoms with van der Waals surface area (Å²) in [5.41, 5.74) is 2.74. The van der Waals surface area contributed by atoms with Crippen LogP contribution in [0.15, 0.2) is 41.6 Å². The highest BCUT2D eigenvalue weighted by atomic mass is 35.5. The minimum Gasteiger partial charge on any atom is -0.493 e. The molecule has 0 aromatic heterocycles. The van der Waals surface area contributed by atoms with E-state index in [-0.39, 0.29) is 0 Å². The summed E-state index contributed by atoms with van der Waals surface area (Å²) in [6, 6.07) is 10.8. The number of anilines is 2. The Bertz CT molecular complexity index is 685. The summed E-state index contributed by atoms with van der Waals surface area (Å²) >= 11 is 5.89. The fourth-order valence-corrected chi connectivity index (χ4v) is 2.15. The first-order valence-corrected chi connectivity index (χ1v) is 6.94. The highest BCUT2D eigenvalue weighted by molar-refractivity contribution is 6.30. The van der Waals surface area contributed by atoms with Crippen LogP contribution in [0.3, 0.4) is 0 Å². The third-order valence-electron chi connectivity index (χ3n) is 3.19. The van der Waals surface area contributed by atoms with Gasteiger partial charge in [-0.2, -0.15) is 0 Å². The van der Waals surface area contributed by atoms with E-state index in [1.165, 1.54) is 0 Å². The molecule has 22 heavy (non-hydrogen) atoms. The van der Waals surface area contributed by atoms with Crippen LogP contribution in [0.5, 0.6) is 11.5 Å². The average molecular weight is 321 g/mol. The minimum absolute atomic E-state index is 0.456. The Labute approximate surface area is 134 Å². The molecule has 6 heteroatoms. The van der Waals surface area contributed by atoms with E-state index in [9.17, 15) is 0 Å². The lowest BCUT2D eigenvalue weighted by Crippen LogP contribution is -2.04. The van der Waals surface area contributed by atoms with Crippen LogP contribution in [0.25, 0.3) is 0 Å². The van der Waals surface area contributed by atoms with Crippen LogP contribution in [-0.2, 0) is 0 Å². The molecule has 0 saturated carbocycles. The maximum Gasteiger partial charge on any atom is 0.162 e. The molecule has 116 valence electrons. The second-order valence-electron chi connectivity index (χ2n) is 4.57. The van der Waals surface area contributed by atoms with Gasteiger partial charge < -0.3 is 20.0 Å². The Morgan fingerprint density at radius 1 is 1.09 bits per heavy atom. The Morgan fingerprint density at radius 2 is 1.68 bits per heavy atom. The van der Waals surface area contributed by atoms with E-state index in [1.54, 1.807) is 45.4 Å². The zero-order chi connectivity index (χ0) is 16.1. The van der Waals surface area contributed by atoms with Gasteiger partial charge in [0.05, 0.1) is 25.6 Å². The summed E-state index contributed by atoms with van der Waals surface area (Å²) in [6.45, 7) is 1.70. The van der Waals surface area contributed by atoms with Crippen LogP contribution in [0, 0.1) is 0 Å². The predicted octanol–water partition coefficient (Wildman–Crippen LogP) is 4.30. The molecule has 0 aliphatic carbocycles. The SMILES string of the molecule is COc1cc(Nc2ccc(Cl)cc2)c(/C(C)=N/O)cc1OC. The van der Waals surface area contributed by atoms with Gasteiger partial charge in [0.25, 0.3) is 0 Å². The van der Waals surface area contributed by atoms with E-state index in [0.29, 0.717) is 27.8 Å². The molecule has 2 rings (SSSR count). The predicted molar refractivity (Wildman–Crippen MR) is 88.3 cm³/mol. The van der Waals surface area contributed by atoms with Crippen LogP contribution in [0.2, 0.25) is 5.02 Å². The molecule has 0 aliphatic heterocycles. The van der Waals surface area contributed by atoms with E-state index in [2.05, 4.69) is 10.5 Å². The summed E-state index contributed by atoms with van der Waals surface area (Å²) in [4.78, 5) is 0. The van der Waals surface area contributed by atoms with Gasteiger partial charge >= 0.3 is 0 Å². The molecule has 0 radical (unpaired) electrons. The van der Waals surface area contributed by atoms with E-state index < -0.39 is 0 Å². The topological polar surface area (TPSA) is 63.1 Å². The molecule has 2 aromatic rings. The van der Waals surface area contributed by atoms with Gasteiger partial charge in [0.1, 0.15) is 0 Å². The number of halogens is 1. The van der Waals surface area contributed by atoms with Crippen molar-refractivity contribution in [3.05, 3.63) is 47.0 Å². The third-order valence-corrected chi connectivity index (χ3v) is 3.44. The molecule has 0 unspecified atom stereocenters. The summed E-state index contributed by atoms with van der Waals surface area (Å²) in [6.07, 6.45) is 0.